The number of para-hydroxylation sites is 1. The van der Waals surface area contributed by atoms with Crippen molar-refractivity contribution in [2.45, 2.75) is 0 Å². The minimum absolute atomic E-state index is 0.314. The first-order valence-corrected chi connectivity index (χ1v) is 6.10. The molecular formula is C15H9ClFNO. The first-order chi connectivity index (χ1) is 9.20. The van der Waals surface area contributed by atoms with Gasteiger partial charge in [0, 0.05) is 10.9 Å². The van der Waals surface area contributed by atoms with E-state index in [1.54, 1.807) is 24.3 Å². The molecule has 3 aromatic rings. The zero-order valence-electron chi connectivity index (χ0n) is 9.78. The van der Waals surface area contributed by atoms with E-state index < -0.39 is 0 Å². The van der Waals surface area contributed by atoms with Gasteiger partial charge in [-0.15, -0.1) is 0 Å². The first kappa shape index (κ1) is 11.9. The number of benzene rings is 2. The lowest BCUT2D eigenvalue weighted by Gasteiger charge is -1.99. The summed E-state index contributed by atoms with van der Waals surface area (Å²) in [5, 5.41) is 1.32. The number of fused-ring (bicyclic) bond motifs is 1. The maximum atomic E-state index is 13.0. The molecule has 0 aliphatic rings. The molecular weight excluding hydrogens is 265 g/mol. The van der Waals surface area contributed by atoms with Crippen LogP contribution in [0, 0.1) is 5.82 Å². The number of aromatic nitrogens is 1. The Morgan fingerprint density at radius 1 is 1.11 bits per heavy atom. The second-order valence-corrected chi connectivity index (χ2v) is 4.61. The molecule has 0 amide bonds. The number of halogens is 2. The summed E-state index contributed by atoms with van der Waals surface area (Å²) in [6.07, 6.45) is 0.786. The highest BCUT2D eigenvalue weighted by atomic mass is 35.5. The van der Waals surface area contributed by atoms with Gasteiger partial charge in [0.05, 0.1) is 16.2 Å². The van der Waals surface area contributed by atoms with E-state index in [1.807, 2.05) is 6.07 Å². The van der Waals surface area contributed by atoms with Gasteiger partial charge in [-0.1, -0.05) is 23.7 Å². The number of aldehydes is 1. The van der Waals surface area contributed by atoms with Gasteiger partial charge in [0.2, 0.25) is 0 Å². The summed E-state index contributed by atoms with van der Waals surface area (Å²) in [5.41, 5.74) is 2.64. The fourth-order valence-corrected chi connectivity index (χ4v) is 2.39. The normalized spacial score (nSPS) is 10.8. The molecule has 1 heterocycles. The molecule has 1 aromatic heterocycles. The first-order valence-electron chi connectivity index (χ1n) is 5.72. The predicted molar refractivity (Wildman–Crippen MR) is 74.1 cm³/mol. The van der Waals surface area contributed by atoms with Crippen LogP contribution in [0.25, 0.3) is 22.2 Å². The Labute approximate surface area is 113 Å². The molecule has 0 fully saturated rings. The van der Waals surface area contributed by atoms with Crippen molar-refractivity contribution in [3.63, 3.8) is 0 Å². The summed E-state index contributed by atoms with van der Waals surface area (Å²) in [6, 6.07) is 11.3. The lowest BCUT2D eigenvalue weighted by atomic mass is 10.1. The summed E-state index contributed by atoms with van der Waals surface area (Å²) < 4.78 is 13.0. The molecule has 0 atom stereocenters. The average Bonchev–Trinajstić information content (AvgIpc) is 2.79. The fraction of sp³-hybridized carbons (Fsp3) is 0. The highest BCUT2D eigenvalue weighted by molar-refractivity contribution is 6.35. The van der Waals surface area contributed by atoms with Crippen LogP contribution in [0.5, 0.6) is 0 Å². The largest absolute Gasteiger partial charge is 0.353 e. The predicted octanol–water partition coefficient (Wildman–Crippen LogP) is 4.44. The standard InChI is InChI=1S/C15H9ClFNO/c16-13-3-1-2-11-12(8-19)14(18-15(11)13)9-4-6-10(17)7-5-9/h1-8,18H. The molecule has 2 nitrogen and oxygen atoms in total. The van der Waals surface area contributed by atoms with Gasteiger partial charge in [0.25, 0.3) is 0 Å². The van der Waals surface area contributed by atoms with Gasteiger partial charge in [-0.2, -0.15) is 0 Å². The maximum absolute atomic E-state index is 13.0. The molecule has 0 saturated heterocycles. The molecule has 3 rings (SSSR count). The topological polar surface area (TPSA) is 32.9 Å². The van der Waals surface area contributed by atoms with Crippen molar-refractivity contribution in [1.82, 2.24) is 4.98 Å². The molecule has 0 radical (unpaired) electrons. The summed E-state index contributed by atoms with van der Waals surface area (Å²) in [7, 11) is 0. The molecule has 0 unspecified atom stereocenters. The second-order valence-electron chi connectivity index (χ2n) is 4.20. The van der Waals surface area contributed by atoms with Crippen LogP contribution in [0.15, 0.2) is 42.5 Å². The van der Waals surface area contributed by atoms with Crippen LogP contribution in [0.3, 0.4) is 0 Å². The van der Waals surface area contributed by atoms with E-state index in [1.165, 1.54) is 12.1 Å². The number of H-pyrrole nitrogens is 1. The number of carbonyl (C=O) groups excluding carboxylic acids is 1. The highest BCUT2D eigenvalue weighted by Gasteiger charge is 2.14. The van der Waals surface area contributed by atoms with Gasteiger partial charge in [0.15, 0.2) is 6.29 Å². The van der Waals surface area contributed by atoms with Crippen LogP contribution >= 0.6 is 11.6 Å². The van der Waals surface area contributed by atoms with E-state index in [0.29, 0.717) is 21.8 Å². The Morgan fingerprint density at radius 2 is 1.84 bits per heavy atom. The zero-order valence-corrected chi connectivity index (χ0v) is 10.5. The van der Waals surface area contributed by atoms with E-state index in [-0.39, 0.29) is 5.82 Å². The minimum atomic E-state index is -0.314. The van der Waals surface area contributed by atoms with E-state index in [2.05, 4.69) is 4.98 Å². The van der Waals surface area contributed by atoms with Crippen molar-refractivity contribution >= 4 is 28.8 Å². The molecule has 94 valence electrons. The number of hydrogen-bond acceptors (Lipinski definition) is 1. The molecule has 0 aliphatic carbocycles. The molecule has 2 aromatic carbocycles. The molecule has 0 aliphatic heterocycles. The van der Waals surface area contributed by atoms with Crippen LogP contribution in [0.1, 0.15) is 10.4 Å². The van der Waals surface area contributed by atoms with Crippen molar-refractivity contribution in [2.75, 3.05) is 0 Å². The molecule has 0 saturated carbocycles. The molecule has 19 heavy (non-hydrogen) atoms. The SMILES string of the molecule is O=Cc1c(-c2ccc(F)cc2)[nH]c2c(Cl)cccc12. The van der Waals surface area contributed by atoms with E-state index in [4.69, 9.17) is 11.6 Å². The summed E-state index contributed by atoms with van der Waals surface area (Å²) >= 11 is 6.10. The Morgan fingerprint density at radius 3 is 2.53 bits per heavy atom. The number of hydrogen-bond donors (Lipinski definition) is 1. The molecule has 0 spiro atoms. The van der Waals surface area contributed by atoms with Gasteiger partial charge in [-0.05, 0) is 35.9 Å². The Kier molecular flexibility index (Phi) is 2.84. The van der Waals surface area contributed by atoms with Gasteiger partial charge >= 0.3 is 0 Å². The van der Waals surface area contributed by atoms with Gasteiger partial charge in [-0.25, -0.2) is 4.39 Å². The van der Waals surface area contributed by atoms with Crippen molar-refractivity contribution < 1.29 is 9.18 Å². The average molecular weight is 274 g/mol. The summed E-state index contributed by atoms with van der Waals surface area (Å²) in [6.45, 7) is 0. The van der Waals surface area contributed by atoms with Gasteiger partial charge in [-0.3, -0.25) is 4.79 Å². The fourth-order valence-electron chi connectivity index (χ4n) is 2.17. The van der Waals surface area contributed by atoms with Gasteiger partial charge < -0.3 is 4.98 Å². The van der Waals surface area contributed by atoms with Gasteiger partial charge in [0.1, 0.15) is 5.82 Å². The maximum Gasteiger partial charge on any atom is 0.152 e. The highest BCUT2D eigenvalue weighted by Crippen LogP contribution is 2.32. The Balaban J connectivity index is 2.32. The van der Waals surface area contributed by atoms with Crippen molar-refractivity contribution in [2.24, 2.45) is 0 Å². The van der Waals surface area contributed by atoms with Crippen LogP contribution in [0.2, 0.25) is 5.02 Å². The monoisotopic (exact) mass is 273 g/mol. The lowest BCUT2D eigenvalue weighted by molar-refractivity contribution is 0.112. The second kappa shape index (κ2) is 4.52. The quantitative estimate of drug-likeness (QED) is 0.688. The molecule has 0 bridgehead atoms. The smallest absolute Gasteiger partial charge is 0.152 e. The third-order valence-corrected chi connectivity index (χ3v) is 3.39. The van der Waals surface area contributed by atoms with Crippen LogP contribution in [-0.2, 0) is 0 Å². The van der Waals surface area contributed by atoms with E-state index in [0.717, 1.165) is 17.2 Å². The van der Waals surface area contributed by atoms with Crippen LogP contribution < -0.4 is 0 Å². The number of rotatable bonds is 2. The van der Waals surface area contributed by atoms with Crippen molar-refractivity contribution in [3.8, 4) is 11.3 Å². The van der Waals surface area contributed by atoms with Crippen molar-refractivity contribution in [3.05, 3.63) is 58.9 Å². The Bertz CT molecular complexity index is 762. The minimum Gasteiger partial charge on any atom is -0.353 e. The van der Waals surface area contributed by atoms with E-state index >= 15 is 0 Å². The lowest BCUT2D eigenvalue weighted by Crippen LogP contribution is -1.84. The third kappa shape index (κ3) is 1.92. The molecule has 1 N–H and O–H groups in total. The van der Waals surface area contributed by atoms with Crippen molar-refractivity contribution in [1.29, 1.82) is 0 Å². The van der Waals surface area contributed by atoms with E-state index in [9.17, 15) is 9.18 Å². The summed E-state index contributed by atoms with van der Waals surface area (Å²) in [5.74, 6) is -0.314. The number of nitrogens with one attached hydrogen (secondary N) is 1. The van der Waals surface area contributed by atoms with Crippen LogP contribution in [-0.4, -0.2) is 11.3 Å². The zero-order chi connectivity index (χ0) is 13.4. The number of carbonyl (C=O) groups is 1. The van der Waals surface area contributed by atoms with Crippen LogP contribution in [0.4, 0.5) is 4.39 Å². The molecule has 4 heteroatoms. The number of aromatic amines is 1. The summed E-state index contributed by atoms with van der Waals surface area (Å²) in [4.78, 5) is 14.5. The Hall–Kier alpha value is -2.13. The third-order valence-electron chi connectivity index (χ3n) is 3.07.